The van der Waals surface area contributed by atoms with Gasteiger partial charge < -0.3 is 15.4 Å². The Balaban J connectivity index is 1.63. The van der Waals surface area contributed by atoms with Crippen molar-refractivity contribution in [2.45, 2.75) is 69.9 Å². The van der Waals surface area contributed by atoms with Crippen LogP contribution in [0.1, 0.15) is 58.3 Å². The van der Waals surface area contributed by atoms with Crippen LogP contribution in [0.2, 0.25) is 0 Å². The molecule has 0 aromatic rings. The lowest BCUT2D eigenvalue weighted by atomic mass is 9.93. The minimum atomic E-state index is -0.315. The summed E-state index contributed by atoms with van der Waals surface area (Å²) in [7, 11) is 0. The smallest absolute Gasteiger partial charge is 0.240 e. The van der Waals surface area contributed by atoms with Crippen LogP contribution < -0.4 is 10.6 Å². The molecule has 110 valence electrons. The Morgan fingerprint density at radius 3 is 2.74 bits per heavy atom. The first-order chi connectivity index (χ1) is 9.27. The van der Waals surface area contributed by atoms with Gasteiger partial charge in [0.05, 0.1) is 18.2 Å². The van der Waals surface area contributed by atoms with Crippen LogP contribution in [0.25, 0.3) is 0 Å². The van der Waals surface area contributed by atoms with Crippen LogP contribution in [0, 0.1) is 0 Å². The number of nitrogens with one attached hydrogen (secondary N) is 2. The number of hydrogen-bond acceptors (Lipinski definition) is 3. The lowest BCUT2D eigenvalue weighted by Gasteiger charge is -2.27. The Kier molecular flexibility index (Phi) is 5.64. The van der Waals surface area contributed by atoms with Gasteiger partial charge in [0.15, 0.2) is 0 Å². The van der Waals surface area contributed by atoms with E-state index >= 15 is 0 Å². The molecule has 2 N–H and O–H groups in total. The molecule has 1 aliphatic carbocycles. The molecule has 4 heteroatoms. The first-order valence-electron chi connectivity index (χ1n) is 7.92. The highest BCUT2D eigenvalue weighted by Crippen LogP contribution is 2.23. The molecule has 1 amide bonds. The van der Waals surface area contributed by atoms with Crippen molar-refractivity contribution in [3.05, 3.63) is 0 Å². The summed E-state index contributed by atoms with van der Waals surface area (Å²) in [4.78, 5) is 12.2. The highest BCUT2D eigenvalue weighted by molar-refractivity contribution is 5.86. The molecule has 4 nitrogen and oxygen atoms in total. The molecule has 0 radical (unpaired) electrons. The van der Waals surface area contributed by atoms with E-state index in [9.17, 15) is 4.79 Å². The fraction of sp³-hybridized carbons (Fsp3) is 0.933. The normalized spacial score (nSPS) is 28.5. The molecule has 19 heavy (non-hydrogen) atoms. The molecule has 0 bridgehead atoms. The molecule has 1 saturated heterocycles. The monoisotopic (exact) mass is 268 g/mol. The Labute approximate surface area is 116 Å². The molecular formula is C15H28N2O2. The zero-order valence-electron chi connectivity index (χ0n) is 12.2. The van der Waals surface area contributed by atoms with Crippen molar-refractivity contribution in [3.63, 3.8) is 0 Å². The number of carbonyl (C=O) groups excluding carboxylic acids is 1. The highest BCUT2D eigenvalue weighted by atomic mass is 16.5. The van der Waals surface area contributed by atoms with Gasteiger partial charge in [-0.15, -0.1) is 0 Å². The fourth-order valence-electron chi connectivity index (χ4n) is 3.25. The number of amides is 1. The zero-order valence-corrected chi connectivity index (χ0v) is 12.2. The molecule has 2 rings (SSSR count). The first kappa shape index (κ1) is 14.8. The summed E-state index contributed by atoms with van der Waals surface area (Å²) in [5, 5.41) is 6.39. The van der Waals surface area contributed by atoms with E-state index in [0.29, 0.717) is 19.3 Å². The maximum absolute atomic E-state index is 12.2. The van der Waals surface area contributed by atoms with Gasteiger partial charge in [-0.25, -0.2) is 0 Å². The predicted octanol–water partition coefficient (Wildman–Crippen LogP) is 1.98. The van der Waals surface area contributed by atoms with Crippen molar-refractivity contribution in [1.29, 1.82) is 0 Å². The van der Waals surface area contributed by atoms with E-state index in [1.54, 1.807) is 0 Å². The maximum atomic E-state index is 12.2. The lowest BCUT2D eigenvalue weighted by Crippen LogP contribution is -2.53. The zero-order chi connectivity index (χ0) is 13.6. The Bertz CT molecular complexity index is 282. The summed E-state index contributed by atoms with van der Waals surface area (Å²) in [6.07, 6.45) is 9.65. The van der Waals surface area contributed by atoms with Gasteiger partial charge >= 0.3 is 0 Å². The summed E-state index contributed by atoms with van der Waals surface area (Å²) in [6, 6.07) is 0. The van der Waals surface area contributed by atoms with Crippen LogP contribution in [0.5, 0.6) is 0 Å². The van der Waals surface area contributed by atoms with Crippen molar-refractivity contribution >= 4 is 5.91 Å². The van der Waals surface area contributed by atoms with Crippen molar-refractivity contribution < 1.29 is 9.53 Å². The van der Waals surface area contributed by atoms with Crippen molar-refractivity contribution in [1.82, 2.24) is 10.6 Å². The molecule has 1 unspecified atom stereocenters. The van der Waals surface area contributed by atoms with Gasteiger partial charge in [0.2, 0.25) is 5.91 Å². The standard InChI is InChI=1S/C15H28N2O2/c1-2-15(9-6-10-17-15)14(18)16-11-12-19-13-7-4-3-5-8-13/h13,17H,2-12H2,1H3,(H,16,18). The molecule has 1 saturated carbocycles. The highest BCUT2D eigenvalue weighted by Gasteiger charge is 2.38. The van der Waals surface area contributed by atoms with E-state index in [0.717, 1.165) is 25.8 Å². The third kappa shape index (κ3) is 3.93. The second-order valence-corrected chi connectivity index (χ2v) is 5.85. The van der Waals surface area contributed by atoms with E-state index in [2.05, 4.69) is 17.6 Å². The van der Waals surface area contributed by atoms with Crippen LogP contribution in [0.4, 0.5) is 0 Å². The number of hydrogen-bond donors (Lipinski definition) is 2. The first-order valence-corrected chi connectivity index (χ1v) is 7.92. The summed E-state index contributed by atoms with van der Waals surface area (Å²) in [5.74, 6) is 0.153. The number of ether oxygens (including phenoxy) is 1. The summed E-state index contributed by atoms with van der Waals surface area (Å²) >= 11 is 0. The van der Waals surface area contributed by atoms with E-state index < -0.39 is 0 Å². The third-order valence-corrected chi connectivity index (χ3v) is 4.58. The van der Waals surface area contributed by atoms with Gasteiger partial charge in [-0.3, -0.25) is 4.79 Å². The second-order valence-electron chi connectivity index (χ2n) is 5.85. The van der Waals surface area contributed by atoms with Crippen molar-refractivity contribution in [2.24, 2.45) is 0 Å². The van der Waals surface area contributed by atoms with Gasteiger partial charge in [0, 0.05) is 6.54 Å². The molecule has 1 atom stereocenters. The molecule has 2 fully saturated rings. The lowest BCUT2D eigenvalue weighted by molar-refractivity contribution is -0.127. The minimum Gasteiger partial charge on any atom is -0.376 e. The number of rotatable bonds is 6. The van der Waals surface area contributed by atoms with E-state index in [4.69, 9.17) is 4.74 Å². The van der Waals surface area contributed by atoms with E-state index in [1.165, 1.54) is 32.1 Å². The Morgan fingerprint density at radius 1 is 1.32 bits per heavy atom. The van der Waals surface area contributed by atoms with Gasteiger partial charge in [0.25, 0.3) is 0 Å². The van der Waals surface area contributed by atoms with Crippen LogP contribution in [-0.4, -0.2) is 37.2 Å². The topological polar surface area (TPSA) is 50.4 Å². The predicted molar refractivity (Wildman–Crippen MR) is 76.1 cm³/mol. The molecule has 0 aromatic carbocycles. The van der Waals surface area contributed by atoms with Crippen LogP contribution >= 0.6 is 0 Å². The summed E-state index contributed by atoms with van der Waals surface area (Å²) in [6.45, 7) is 4.32. The second kappa shape index (κ2) is 7.25. The largest absolute Gasteiger partial charge is 0.376 e. The average Bonchev–Trinajstić information content (AvgIpc) is 2.94. The molecule has 0 spiro atoms. The summed E-state index contributed by atoms with van der Waals surface area (Å²) in [5.41, 5.74) is -0.315. The SMILES string of the molecule is CCC1(C(=O)NCCOC2CCCCC2)CCCN1. The van der Waals surface area contributed by atoms with Crippen molar-refractivity contribution in [2.75, 3.05) is 19.7 Å². The quantitative estimate of drug-likeness (QED) is 0.724. The van der Waals surface area contributed by atoms with E-state index in [1.807, 2.05) is 0 Å². The van der Waals surface area contributed by atoms with Crippen molar-refractivity contribution in [3.8, 4) is 0 Å². The van der Waals surface area contributed by atoms with Gasteiger partial charge in [-0.1, -0.05) is 26.2 Å². The molecule has 1 aliphatic heterocycles. The Morgan fingerprint density at radius 2 is 2.11 bits per heavy atom. The molecule has 1 heterocycles. The third-order valence-electron chi connectivity index (χ3n) is 4.58. The van der Waals surface area contributed by atoms with Gasteiger partial charge in [0.1, 0.15) is 0 Å². The number of carbonyl (C=O) groups is 1. The van der Waals surface area contributed by atoms with E-state index in [-0.39, 0.29) is 11.4 Å². The van der Waals surface area contributed by atoms with Crippen LogP contribution in [0.15, 0.2) is 0 Å². The van der Waals surface area contributed by atoms with Gasteiger partial charge in [-0.2, -0.15) is 0 Å². The molecular weight excluding hydrogens is 240 g/mol. The minimum absolute atomic E-state index is 0.153. The average molecular weight is 268 g/mol. The Hall–Kier alpha value is -0.610. The summed E-state index contributed by atoms with van der Waals surface area (Å²) < 4.78 is 5.83. The van der Waals surface area contributed by atoms with Crippen LogP contribution in [-0.2, 0) is 9.53 Å². The van der Waals surface area contributed by atoms with Crippen LogP contribution in [0.3, 0.4) is 0 Å². The van der Waals surface area contributed by atoms with Gasteiger partial charge in [-0.05, 0) is 38.6 Å². The fourth-order valence-corrected chi connectivity index (χ4v) is 3.25. The maximum Gasteiger partial charge on any atom is 0.240 e. The molecule has 0 aromatic heterocycles. The molecule has 2 aliphatic rings.